The van der Waals surface area contributed by atoms with E-state index in [4.69, 9.17) is 0 Å². The number of nitrogens with one attached hydrogen (secondary N) is 2. The third-order valence-electron chi connectivity index (χ3n) is 2.34. The van der Waals surface area contributed by atoms with Gasteiger partial charge in [0, 0.05) is 6.04 Å². The largest absolute Gasteiger partial charge is 0.302 e. The zero-order valence-corrected chi connectivity index (χ0v) is 10.1. The van der Waals surface area contributed by atoms with Gasteiger partial charge in [0.2, 0.25) is 0 Å². The van der Waals surface area contributed by atoms with Gasteiger partial charge in [-0.1, -0.05) is 34.6 Å². The SMILES string of the molecule is CCNC(NC(C)CC)C(C)(C)C. The van der Waals surface area contributed by atoms with Gasteiger partial charge in [0.1, 0.15) is 0 Å². The quantitative estimate of drug-likeness (QED) is 0.644. The van der Waals surface area contributed by atoms with E-state index in [-0.39, 0.29) is 5.41 Å². The van der Waals surface area contributed by atoms with E-state index < -0.39 is 0 Å². The average molecular weight is 186 g/mol. The minimum absolute atomic E-state index is 0.277. The van der Waals surface area contributed by atoms with Gasteiger partial charge in [-0.05, 0) is 25.3 Å². The van der Waals surface area contributed by atoms with Crippen LogP contribution in [0, 0.1) is 5.41 Å². The van der Waals surface area contributed by atoms with E-state index in [9.17, 15) is 0 Å². The molecule has 0 saturated heterocycles. The first-order valence-corrected chi connectivity index (χ1v) is 5.41. The Morgan fingerprint density at radius 1 is 1.15 bits per heavy atom. The molecule has 0 radical (unpaired) electrons. The highest BCUT2D eigenvalue weighted by Crippen LogP contribution is 2.17. The summed E-state index contributed by atoms with van der Waals surface area (Å²) in [5.41, 5.74) is 0.277. The smallest absolute Gasteiger partial charge is 0.0623 e. The molecule has 0 aliphatic heterocycles. The summed E-state index contributed by atoms with van der Waals surface area (Å²) in [6, 6.07) is 0.586. The van der Waals surface area contributed by atoms with Gasteiger partial charge in [-0.25, -0.2) is 0 Å². The molecule has 0 aliphatic rings. The maximum Gasteiger partial charge on any atom is 0.0623 e. The van der Waals surface area contributed by atoms with Gasteiger partial charge in [0.25, 0.3) is 0 Å². The summed E-state index contributed by atoms with van der Waals surface area (Å²) in [5.74, 6) is 0. The van der Waals surface area contributed by atoms with Crippen molar-refractivity contribution in [3.63, 3.8) is 0 Å². The first kappa shape index (κ1) is 12.9. The van der Waals surface area contributed by atoms with Crippen molar-refractivity contribution < 1.29 is 0 Å². The summed E-state index contributed by atoms with van der Waals surface area (Å²) < 4.78 is 0. The van der Waals surface area contributed by atoms with Crippen molar-refractivity contribution in [2.45, 2.75) is 60.2 Å². The van der Waals surface area contributed by atoms with E-state index in [1.807, 2.05) is 0 Å². The molecule has 2 N–H and O–H groups in total. The van der Waals surface area contributed by atoms with Crippen molar-refractivity contribution >= 4 is 0 Å². The summed E-state index contributed by atoms with van der Waals surface area (Å²) in [6.45, 7) is 14.4. The molecule has 0 aromatic heterocycles. The predicted octanol–water partition coefficient (Wildman–Crippen LogP) is 2.36. The second-order valence-electron chi connectivity index (χ2n) is 4.83. The molecule has 2 unspecified atom stereocenters. The molecule has 0 aromatic carbocycles. The lowest BCUT2D eigenvalue weighted by molar-refractivity contribution is 0.210. The highest BCUT2D eigenvalue weighted by Gasteiger charge is 2.24. The first-order chi connectivity index (χ1) is 5.91. The van der Waals surface area contributed by atoms with Crippen molar-refractivity contribution in [1.82, 2.24) is 10.6 Å². The summed E-state index contributed by atoms with van der Waals surface area (Å²) in [4.78, 5) is 0. The summed E-state index contributed by atoms with van der Waals surface area (Å²) in [6.07, 6.45) is 1.59. The molecule has 2 atom stereocenters. The van der Waals surface area contributed by atoms with Gasteiger partial charge in [-0.2, -0.15) is 0 Å². The molecule has 2 heteroatoms. The highest BCUT2D eigenvalue weighted by molar-refractivity contribution is 4.79. The molecule has 0 rings (SSSR count). The van der Waals surface area contributed by atoms with Crippen LogP contribution in [0.25, 0.3) is 0 Å². The fourth-order valence-corrected chi connectivity index (χ4v) is 1.22. The van der Waals surface area contributed by atoms with Gasteiger partial charge in [-0.15, -0.1) is 0 Å². The number of rotatable bonds is 5. The Bertz CT molecular complexity index is 127. The van der Waals surface area contributed by atoms with Crippen LogP contribution < -0.4 is 10.6 Å². The van der Waals surface area contributed by atoms with Crippen LogP contribution in [0.1, 0.15) is 48.0 Å². The fraction of sp³-hybridized carbons (Fsp3) is 1.00. The van der Waals surface area contributed by atoms with E-state index in [2.05, 4.69) is 52.2 Å². The zero-order chi connectivity index (χ0) is 10.5. The minimum Gasteiger partial charge on any atom is -0.302 e. The topological polar surface area (TPSA) is 24.1 Å². The average Bonchev–Trinajstić information content (AvgIpc) is 2.01. The normalized spacial score (nSPS) is 17.1. The van der Waals surface area contributed by atoms with E-state index in [1.165, 1.54) is 6.42 Å². The molecule has 0 fully saturated rings. The van der Waals surface area contributed by atoms with E-state index in [0.717, 1.165) is 6.54 Å². The monoisotopic (exact) mass is 186 g/mol. The van der Waals surface area contributed by atoms with Gasteiger partial charge in [0.05, 0.1) is 6.17 Å². The van der Waals surface area contributed by atoms with Crippen LogP contribution in [-0.2, 0) is 0 Å². The van der Waals surface area contributed by atoms with Crippen LogP contribution in [0.4, 0.5) is 0 Å². The lowest BCUT2D eigenvalue weighted by Gasteiger charge is -2.34. The Hall–Kier alpha value is -0.0800. The molecule has 13 heavy (non-hydrogen) atoms. The van der Waals surface area contributed by atoms with Crippen molar-refractivity contribution in [3.05, 3.63) is 0 Å². The number of hydrogen-bond donors (Lipinski definition) is 2. The van der Waals surface area contributed by atoms with Gasteiger partial charge < -0.3 is 5.32 Å². The Balaban J connectivity index is 4.10. The zero-order valence-electron chi connectivity index (χ0n) is 10.1. The van der Waals surface area contributed by atoms with Gasteiger partial charge >= 0.3 is 0 Å². The second-order valence-corrected chi connectivity index (χ2v) is 4.83. The molecule has 0 spiro atoms. The third-order valence-corrected chi connectivity index (χ3v) is 2.34. The Morgan fingerprint density at radius 2 is 1.69 bits per heavy atom. The Labute approximate surface area is 83.5 Å². The summed E-state index contributed by atoms with van der Waals surface area (Å²) >= 11 is 0. The minimum atomic E-state index is 0.277. The van der Waals surface area contributed by atoms with Crippen molar-refractivity contribution in [3.8, 4) is 0 Å². The standard InChI is InChI=1S/C11H26N2/c1-7-9(3)13-10(12-8-2)11(4,5)6/h9-10,12-13H,7-8H2,1-6H3. The molecule has 0 bridgehead atoms. The van der Waals surface area contributed by atoms with Crippen molar-refractivity contribution in [1.29, 1.82) is 0 Å². The van der Waals surface area contributed by atoms with Crippen molar-refractivity contribution in [2.24, 2.45) is 5.41 Å². The molecular formula is C11H26N2. The molecule has 80 valence electrons. The Kier molecular flexibility index (Phi) is 5.57. The van der Waals surface area contributed by atoms with Gasteiger partial charge in [0.15, 0.2) is 0 Å². The second kappa shape index (κ2) is 5.61. The van der Waals surface area contributed by atoms with Crippen molar-refractivity contribution in [2.75, 3.05) is 6.54 Å². The van der Waals surface area contributed by atoms with Crippen LogP contribution in [0.15, 0.2) is 0 Å². The lowest BCUT2D eigenvalue weighted by atomic mass is 9.91. The fourth-order valence-electron chi connectivity index (χ4n) is 1.22. The van der Waals surface area contributed by atoms with Crippen LogP contribution in [0.2, 0.25) is 0 Å². The molecule has 0 saturated carbocycles. The summed E-state index contributed by atoms with van der Waals surface area (Å²) in [7, 11) is 0. The maximum absolute atomic E-state index is 3.60. The maximum atomic E-state index is 3.60. The van der Waals surface area contributed by atoms with Crippen LogP contribution in [0.3, 0.4) is 0 Å². The van der Waals surface area contributed by atoms with Gasteiger partial charge in [-0.3, -0.25) is 5.32 Å². The molecule has 2 nitrogen and oxygen atoms in total. The summed E-state index contributed by atoms with van der Waals surface area (Å²) in [5, 5.41) is 7.07. The van der Waals surface area contributed by atoms with E-state index in [0.29, 0.717) is 12.2 Å². The molecular weight excluding hydrogens is 160 g/mol. The van der Waals surface area contributed by atoms with Crippen LogP contribution in [-0.4, -0.2) is 18.8 Å². The number of hydrogen-bond acceptors (Lipinski definition) is 2. The van der Waals surface area contributed by atoms with Crippen LogP contribution >= 0.6 is 0 Å². The van der Waals surface area contributed by atoms with E-state index >= 15 is 0 Å². The predicted molar refractivity (Wildman–Crippen MR) is 59.8 cm³/mol. The molecule has 0 amide bonds. The Morgan fingerprint density at radius 3 is 2.00 bits per heavy atom. The highest BCUT2D eigenvalue weighted by atomic mass is 15.1. The van der Waals surface area contributed by atoms with Crippen LogP contribution in [0.5, 0.6) is 0 Å². The van der Waals surface area contributed by atoms with E-state index in [1.54, 1.807) is 0 Å². The molecule has 0 aliphatic carbocycles. The third kappa shape index (κ3) is 5.27. The lowest BCUT2D eigenvalue weighted by Crippen LogP contribution is -2.53. The first-order valence-electron chi connectivity index (χ1n) is 5.41. The molecule has 0 heterocycles. The molecule has 0 aromatic rings.